The van der Waals surface area contributed by atoms with Gasteiger partial charge in [-0.2, -0.15) is 0 Å². The molecule has 0 bridgehead atoms. The van der Waals surface area contributed by atoms with E-state index in [0.29, 0.717) is 13.0 Å². The van der Waals surface area contributed by atoms with E-state index in [-0.39, 0.29) is 11.8 Å². The highest BCUT2D eigenvalue weighted by Gasteiger charge is 2.14. The summed E-state index contributed by atoms with van der Waals surface area (Å²) in [4.78, 5) is 0. The van der Waals surface area contributed by atoms with Crippen molar-refractivity contribution >= 4 is 10.0 Å². The Labute approximate surface area is 93.7 Å². The van der Waals surface area contributed by atoms with E-state index < -0.39 is 10.0 Å². The number of sulfonamides is 1. The molecule has 1 atom stereocenters. The summed E-state index contributed by atoms with van der Waals surface area (Å²) in [6.07, 6.45) is 4.18. The maximum Gasteiger partial charge on any atom is 0.211 e. The maximum atomic E-state index is 11.6. The van der Waals surface area contributed by atoms with Crippen LogP contribution in [0, 0.1) is 0 Å². The van der Waals surface area contributed by atoms with Crippen LogP contribution in [0.25, 0.3) is 0 Å². The molecule has 0 rings (SSSR count). The maximum absolute atomic E-state index is 11.6. The zero-order valence-corrected chi connectivity index (χ0v) is 10.6. The highest BCUT2D eigenvalue weighted by Crippen LogP contribution is 2.04. The van der Waals surface area contributed by atoms with Crippen LogP contribution < -0.4 is 10.5 Å². The second kappa shape index (κ2) is 8.07. The van der Waals surface area contributed by atoms with Crippen molar-refractivity contribution in [2.24, 2.45) is 5.73 Å². The summed E-state index contributed by atoms with van der Waals surface area (Å²) >= 11 is 0. The van der Waals surface area contributed by atoms with Gasteiger partial charge >= 0.3 is 0 Å². The Bertz CT molecular complexity index is 240. The molecule has 0 spiro atoms. The molecule has 15 heavy (non-hydrogen) atoms. The molecule has 0 fully saturated rings. The lowest BCUT2D eigenvalue weighted by Crippen LogP contribution is -2.36. The predicted octanol–water partition coefficient (Wildman–Crippen LogP) is 1.22. The Hall–Kier alpha value is -0.130. The summed E-state index contributed by atoms with van der Waals surface area (Å²) in [6.45, 7) is 4.62. The van der Waals surface area contributed by atoms with Crippen molar-refractivity contribution in [2.75, 3.05) is 12.3 Å². The van der Waals surface area contributed by atoms with Gasteiger partial charge in [-0.15, -0.1) is 0 Å². The van der Waals surface area contributed by atoms with Crippen LogP contribution >= 0.6 is 0 Å². The van der Waals surface area contributed by atoms with E-state index in [1.807, 2.05) is 6.92 Å². The minimum absolute atomic E-state index is 0.0953. The van der Waals surface area contributed by atoms with Crippen molar-refractivity contribution in [1.82, 2.24) is 4.72 Å². The Morgan fingerprint density at radius 1 is 1.27 bits per heavy atom. The molecule has 0 aliphatic carbocycles. The smallest absolute Gasteiger partial charge is 0.211 e. The highest BCUT2D eigenvalue weighted by molar-refractivity contribution is 7.89. The van der Waals surface area contributed by atoms with E-state index in [2.05, 4.69) is 11.6 Å². The van der Waals surface area contributed by atoms with Gasteiger partial charge < -0.3 is 5.73 Å². The quantitative estimate of drug-likeness (QED) is 0.591. The molecule has 92 valence electrons. The van der Waals surface area contributed by atoms with Crippen molar-refractivity contribution in [1.29, 1.82) is 0 Å². The van der Waals surface area contributed by atoms with E-state index in [0.717, 1.165) is 25.7 Å². The first kappa shape index (κ1) is 14.9. The van der Waals surface area contributed by atoms with Crippen molar-refractivity contribution in [2.45, 2.75) is 52.0 Å². The molecule has 0 amide bonds. The lowest BCUT2D eigenvalue weighted by atomic mass is 10.1. The van der Waals surface area contributed by atoms with Gasteiger partial charge in [-0.3, -0.25) is 0 Å². The van der Waals surface area contributed by atoms with Gasteiger partial charge in [0.1, 0.15) is 0 Å². The van der Waals surface area contributed by atoms with Gasteiger partial charge in [0.2, 0.25) is 10.0 Å². The fraction of sp³-hybridized carbons (Fsp3) is 1.00. The van der Waals surface area contributed by atoms with Crippen LogP contribution in [0.5, 0.6) is 0 Å². The minimum Gasteiger partial charge on any atom is -0.330 e. The van der Waals surface area contributed by atoms with Crippen LogP contribution in [0.2, 0.25) is 0 Å². The SMILES string of the molecule is CCCC(CC)NS(=O)(=O)CCCCN. The fourth-order valence-electron chi connectivity index (χ4n) is 1.44. The Morgan fingerprint density at radius 2 is 1.93 bits per heavy atom. The average molecular weight is 236 g/mol. The van der Waals surface area contributed by atoms with E-state index >= 15 is 0 Å². The molecule has 0 aliphatic heterocycles. The van der Waals surface area contributed by atoms with Gasteiger partial charge in [-0.1, -0.05) is 20.3 Å². The zero-order valence-electron chi connectivity index (χ0n) is 9.83. The molecule has 1 unspecified atom stereocenters. The third kappa shape index (κ3) is 7.76. The summed E-state index contributed by atoms with van der Waals surface area (Å²) in [7, 11) is -3.09. The third-order valence-corrected chi connectivity index (χ3v) is 3.86. The molecule has 5 heteroatoms. The third-order valence-electron chi connectivity index (χ3n) is 2.34. The van der Waals surface area contributed by atoms with Crippen molar-refractivity contribution in [3.8, 4) is 0 Å². The number of nitrogens with two attached hydrogens (primary N) is 1. The molecule has 0 aromatic rings. The van der Waals surface area contributed by atoms with Crippen LogP contribution in [0.1, 0.15) is 46.0 Å². The van der Waals surface area contributed by atoms with Crippen LogP contribution in [0.15, 0.2) is 0 Å². The van der Waals surface area contributed by atoms with Crippen molar-refractivity contribution in [3.63, 3.8) is 0 Å². The molecule has 3 N–H and O–H groups in total. The Kier molecular flexibility index (Phi) is 8.00. The second-order valence-corrected chi connectivity index (χ2v) is 5.70. The minimum atomic E-state index is -3.09. The molecule has 0 saturated heterocycles. The normalized spacial score (nSPS) is 14.1. The van der Waals surface area contributed by atoms with Crippen molar-refractivity contribution < 1.29 is 8.42 Å². The molecule has 0 saturated carbocycles. The number of hydrogen-bond donors (Lipinski definition) is 2. The zero-order chi connectivity index (χ0) is 11.7. The number of nitrogens with one attached hydrogen (secondary N) is 1. The standard InChI is InChI=1S/C10H24N2O2S/c1-3-7-10(4-2)12-15(13,14)9-6-5-8-11/h10,12H,3-9,11H2,1-2H3. The van der Waals surface area contributed by atoms with E-state index in [4.69, 9.17) is 5.73 Å². The number of unbranched alkanes of at least 4 members (excludes halogenated alkanes) is 1. The summed E-state index contributed by atoms with van der Waals surface area (Å²) < 4.78 is 25.9. The lowest BCUT2D eigenvalue weighted by Gasteiger charge is -2.15. The fourth-order valence-corrected chi connectivity index (χ4v) is 2.94. The van der Waals surface area contributed by atoms with Crippen LogP contribution in [-0.2, 0) is 10.0 Å². The number of rotatable bonds is 9. The molecule has 0 aliphatic rings. The van der Waals surface area contributed by atoms with Gasteiger partial charge in [0, 0.05) is 6.04 Å². The molecule has 0 radical (unpaired) electrons. The van der Waals surface area contributed by atoms with Gasteiger partial charge in [-0.05, 0) is 32.2 Å². The summed E-state index contributed by atoms with van der Waals surface area (Å²) in [5.41, 5.74) is 5.32. The van der Waals surface area contributed by atoms with E-state index in [9.17, 15) is 8.42 Å². The van der Waals surface area contributed by atoms with Gasteiger partial charge in [0.05, 0.1) is 5.75 Å². The van der Waals surface area contributed by atoms with E-state index in [1.165, 1.54) is 0 Å². The van der Waals surface area contributed by atoms with Crippen LogP contribution in [0.3, 0.4) is 0 Å². The average Bonchev–Trinajstić information content (AvgIpc) is 2.17. The second-order valence-electron chi connectivity index (χ2n) is 3.83. The summed E-state index contributed by atoms with van der Waals surface area (Å²) in [6, 6.07) is 0.0953. The first-order valence-corrected chi connectivity index (χ1v) is 7.41. The first-order chi connectivity index (χ1) is 7.05. The van der Waals surface area contributed by atoms with Crippen LogP contribution in [-0.4, -0.2) is 26.8 Å². The van der Waals surface area contributed by atoms with Crippen molar-refractivity contribution in [3.05, 3.63) is 0 Å². The monoisotopic (exact) mass is 236 g/mol. The highest BCUT2D eigenvalue weighted by atomic mass is 32.2. The Balaban J connectivity index is 3.99. The van der Waals surface area contributed by atoms with E-state index in [1.54, 1.807) is 0 Å². The number of hydrogen-bond acceptors (Lipinski definition) is 3. The topological polar surface area (TPSA) is 72.2 Å². The van der Waals surface area contributed by atoms with Gasteiger partial charge in [-0.25, -0.2) is 13.1 Å². The largest absolute Gasteiger partial charge is 0.330 e. The molecule has 0 aromatic heterocycles. The van der Waals surface area contributed by atoms with Crippen LogP contribution in [0.4, 0.5) is 0 Å². The first-order valence-electron chi connectivity index (χ1n) is 5.75. The molecular weight excluding hydrogens is 212 g/mol. The summed E-state index contributed by atoms with van der Waals surface area (Å²) in [5.74, 6) is 0.199. The van der Waals surface area contributed by atoms with Gasteiger partial charge in [0.25, 0.3) is 0 Å². The summed E-state index contributed by atoms with van der Waals surface area (Å²) in [5, 5.41) is 0. The Morgan fingerprint density at radius 3 is 2.40 bits per heavy atom. The molecule has 0 heterocycles. The predicted molar refractivity (Wildman–Crippen MR) is 64.2 cm³/mol. The molecule has 4 nitrogen and oxygen atoms in total. The van der Waals surface area contributed by atoms with Gasteiger partial charge in [0.15, 0.2) is 0 Å². The lowest BCUT2D eigenvalue weighted by molar-refractivity contribution is 0.511. The molecule has 0 aromatic carbocycles. The molecular formula is C10H24N2O2S.